The number of rotatable bonds is 3. The fourth-order valence-electron chi connectivity index (χ4n) is 0.890. The van der Waals surface area contributed by atoms with Gasteiger partial charge >= 0.3 is 0 Å². The predicted octanol–water partition coefficient (Wildman–Crippen LogP) is -0.434. The lowest BCUT2D eigenvalue weighted by molar-refractivity contribution is -0.118. The van der Waals surface area contributed by atoms with Crippen molar-refractivity contribution in [3.8, 4) is 0 Å². The quantitative estimate of drug-likeness (QED) is 0.560. The second-order valence-electron chi connectivity index (χ2n) is 2.61. The van der Waals surface area contributed by atoms with Gasteiger partial charge in [0.05, 0.1) is 6.54 Å². The van der Waals surface area contributed by atoms with Crippen molar-refractivity contribution in [2.75, 3.05) is 13.6 Å². The smallest absolute Gasteiger partial charge is 0.231 e. The maximum Gasteiger partial charge on any atom is 0.231 e. The molecule has 0 aromatic heterocycles. The van der Waals surface area contributed by atoms with Crippen molar-refractivity contribution in [1.29, 1.82) is 0 Å². The lowest BCUT2D eigenvalue weighted by Crippen LogP contribution is -2.31. The standard InChI is InChI=1S/C6H12N2O/c1-8(4-6(7)9)5-2-3-5/h5H,2-4H2,1H3,(H2,7,9). The van der Waals surface area contributed by atoms with Gasteiger partial charge in [0.2, 0.25) is 5.91 Å². The van der Waals surface area contributed by atoms with Gasteiger partial charge in [0.25, 0.3) is 0 Å². The van der Waals surface area contributed by atoms with Gasteiger partial charge in [0.1, 0.15) is 0 Å². The Hall–Kier alpha value is -0.570. The lowest BCUT2D eigenvalue weighted by Gasteiger charge is -2.11. The number of carbonyl (C=O) groups excluding carboxylic acids is 1. The van der Waals surface area contributed by atoms with E-state index in [4.69, 9.17) is 5.73 Å². The molecule has 0 radical (unpaired) electrons. The molecule has 0 saturated heterocycles. The van der Waals surface area contributed by atoms with Crippen LogP contribution >= 0.6 is 0 Å². The van der Waals surface area contributed by atoms with E-state index >= 15 is 0 Å². The van der Waals surface area contributed by atoms with Crippen molar-refractivity contribution in [3.05, 3.63) is 0 Å². The summed E-state index contributed by atoms with van der Waals surface area (Å²) < 4.78 is 0. The van der Waals surface area contributed by atoms with E-state index in [-0.39, 0.29) is 5.91 Å². The van der Waals surface area contributed by atoms with Crippen LogP contribution < -0.4 is 5.73 Å². The van der Waals surface area contributed by atoms with Crippen molar-refractivity contribution in [1.82, 2.24) is 4.90 Å². The topological polar surface area (TPSA) is 46.3 Å². The number of hydrogen-bond acceptors (Lipinski definition) is 2. The van der Waals surface area contributed by atoms with Crippen molar-refractivity contribution >= 4 is 5.91 Å². The third-order valence-corrected chi connectivity index (χ3v) is 1.58. The Morgan fingerprint density at radius 1 is 1.78 bits per heavy atom. The van der Waals surface area contributed by atoms with Gasteiger partial charge in [0.15, 0.2) is 0 Å². The summed E-state index contributed by atoms with van der Waals surface area (Å²) in [5.74, 6) is -0.232. The normalized spacial score (nSPS) is 18.4. The molecule has 0 aromatic carbocycles. The van der Waals surface area contributed by atoms with E-state index in [0.717, 1.165) is 0 Å². The third-order valence-electron chi connectivity index (χ3n) is 1.58. The maximum atomic E-state index is 10.3. The molecular formula is C6H12N2O. The summed E-state index contributed by atoms with van der Waals surface area (Å²) in [5, 5.41) is 0. The van der Waals surface area contributed by atoms with E-state index in [1.165, 1.54) is 12.8 Å². The van der Waals surface area contributed by atoms with Crippen LogP contribution in [0.2, 0.25) is 0 Å². The first kappa shape index (κ1) is 6.55. The minimum absolute atomic E-state index is 0.232. The van der Waals surface area contributed by atoms with E-state index in [1.54, 1.807) is 0 Å². The molecule has 0 aromatic rings. The number of nitrogens with zero attached hydrogens (tertiary/aromatic N) is 1. The van der Waals surface area contributed by atoms with Gasteiger partial charge in [-0.25, -0.2) is 0 Å². The molecule has 0 bridgehead atoms. The summed E-state index contributed by atoms with van der Waals surface area (Å²) in [5.41, 5.74) is 4.98. The van der Waals surface area contributed by atoms with Crippen LogP contribution in [0.5, 0.6) is 0 Å². The van der Waals surface area contributed by atoms with E-state index < -0.39 is 0 Å². The van der Waals surface area contributed by atoms with Crippen LogP contribution in [0.4, 0.5) is 0 Å². The van der Waals surface area contributed by atoms with Gasteiger partial charge in [-0.1, -0.05) is 0 Å². The highest BCUT2D eigenvalue weighted by molar-refractivity contribution is 5.75. The van der Waals surface area contributed by atoms with Crippen LogP contribution in [0.3, 0.4) is 0 Å². The molecule has 1 amide bonds. The van der Waals surface area contributed by atoms with Gasteiger partial charge in [-0.15, -0.1) is 0 Å². The predicted molar refractivity (Wildman–Crippen MR) is 34.8 cm³/mol. The zero-order chi connectivity index (χ0) is 6.85. The molecule has 3 heteroatoms. The number of amides is 1. The molecule has 0 heterocycles. The van der Waals surface area contributed by atoms with Crippen molar-refractivity contribution in [2.45, 2.75) is 18.9 Å². The first-order valence-corrected chi connectivity index (χ1v) is 3.18. The summed E-state index contributed by atoms with van der Waals surface area (Å²) in [6.07, 6.45) is 2.45. The zero-order valence-electron chi connectivity index (χ0n) is 5.63. The average molecular weight is 128 g/mol. The molecule has 1 aliphatic rings. The zero-order valence-corrected chi connectivity index (χ0v) is 5.63. The summed E-state index contributed by atoms with van der Waals surface area (Å²) in [4.78, 5) is 12.3. The Balaban J connectivity index is 2.17. The van der Waals surface area contributed by atoms with Gasteiger partial charge in [-0.3, -0.25) is 9.69 Å². The van der Waals surface area contributed by atoms with Crippen LogP contribution in [-0.4, -0.2) is 30.4 Å². The number of carbonyl (C=O) groups is 1. The van der Waals surface area contributed by atoms with Crippen molar-refractivity contribution < 1.29 is 4.79 Å². The molecule has 1 fully saturated rings. The summed E-state index contributed by atoms with van der Waals surface area (Å²) in [6, 6.07) is 0.637. The number of hydrogen-bond donors (Lipinski definition) is 1. The third kappa shape index (κ3) is 2.01. The van der Waals surface area contributed by atoms with Crippen LogP contribution in [0.25, 0.3) is 0 Å². The molecule has 0 aliphatic heterocycles. The Labute approximate surface area is 54.8 Å². The summed E-state index contributed by atoms with van der Waals surface area (Å²) >= 11 is 0. The Morgan fingerprint density at radius 3 is 2.67 bits per heavy atom. The van der Waals surface area contributed by atoms with Crippen LogP contribution in [0.15, 0.2) is 0 Å². The van der Waals surface area contributed by atoms with Crippen LogP contribution in [0, 0.1) is 0 Å². The van der Waals surface area contributed by atoms with Gasteiger partial charge < -0.3 is 5.73 Å². The Kier molecular flexibility index (Phi) is 1.71. The molecule has 0 unspecified atom stereocenters. The number of nitrogens with two attached hydrogens (primary N) is 1. The average Bonchev–Trinajstić information content (AvgIpc) is 2.40. The molecule has 52 valence electrons. The molecule has 3 nitrogen and oxygen atoms in total. The van der Waals surface area contributed by atoms with Gasteiger partial charge in [0, 0.05) is 6.04 Å². The molecule has 1 aliphatic carbocycles. The first-order valence-electron chi connectivity index (χ1n) is 3.18. The molecule has 1 saturated carbocycles. The van der Waals surface area contributed by atoms with Crippen molar-refractivity contribution in [2.24, 2.45) is 5.73 Å². The number of likely N-dealkylation sites (N-methyl/N-ethyl adjacent to an activating group) is 1. The molecule has 0 atom stereocenters. The highest BCUT2D eigenvalue weighted by atomic mass is 16.1. The van der Waals surface area contributed by atoms with E-state index in [2.05, 4.69) is 0 Å². The molecule has 9 heavy (non-hydrogen) atoms. The Morgan fingerprint density at radius 2 is 2.33 bits per heavy atom. The summed E-state index contributed by atoms with van der Waals surface area (Å²) in [6.45, 7) is 0.407. The number of primary amides is 1. The molecule has 2 N–H and O–H groups in total. The summed E-state index contributed by atoms with van der Waals surface area (Å²) in [7, 11) is 1.93. The highest BCUT2D eigenvalue weighted by Gasteiger charge is 2.26. The monoisotopic (exact) mass is 128 g/mol. The van der Waals surface area contributed by atoms with E-state index in [0.29, 0.717) is 12.6 Å². The van der Waals surface area contributed by atoms with Gasteiger partial charge in [-0.05, 0) is 19.9 Å². The second kappa shape index (κ2) is 2.35. The Bertz CT molecular complexity index is 120. The highest BCUT2D eigenvalue weighted by Crippen LogP contribution is 2.24. The molecule has 0 spiro atoms. The van der Waals surface area contributed by atoms with E-state index in [1.807, 2.05) is 11.9 Å². The fraction of sp³-hybridized carbons (Fsp3) is 0.833. The van der Waals surface area contributed by atoms with Crippen LogP contribution in [-0.2, 0) is 4.79 Å². The lowest BCUT2D eigenvalue weighted by atomic mass is 10.5. The molecular weight excluding hydrogens is 116 g/mol. The molecule has 1 rings (SSSR count). The fourth-order valence-corrected chi connectivity index (χ4v) is 0.890. The minimum atomic E-state index is -0.232. The van der Waals surface area contributed by atoms with Crippen LogP contribution in [0.1, 0.15) is 12.8 Å². The largest absolute Gasteiger partial charge is 0.369 e. The minimum Gasteiger partial charge on any atom is -0.369 e. The van der Waals surface area contributed by atoms with Crippen molar-refractivity contribution in [3.63, 3.8) is 0 Å². The first-order chi connectivity index (χ1) is 4.20. The van der Waals surface area contributed by atoms with Gasteiger partial charge in [-0.2, -0.15) is 0 Å². The SMILES string of the molecule is CN(CC(N)=O)C1CC1. The van der Waals surface area contributed by atoms with E-state index in [9.17, 15) is 4.79 Å². The maximum absolute atomic E-state index is 10.3. The second-order valence-corrected chi connectivity index (χ2v) is 2.61.